The third-order valence-corrected chi connectivity index (χ3v) is 3.82. The number of amides is 1. The first-order chi connectivity index (χ1) is 8.66. The number of carbonyl (C=O) groups excluding carboxylic acids is 1. The molecule has 0 spiro atoms. The van der Waals surface area contributed by atoms with E-state index in [1.807, 2.05) is 24.3 Å². The monoisotopic (exact) mass is 266 g/mol. The fraction of sp³-hybridized carbons (Fsp3) is 0.500. The molecule has 2 N–H and O–H groups in total. The average Bonchev–Trinajstić information content (AvgIpc) is 2.79. The van der Waals surface area contributed by atoms with Crippen molar-refractivity contribution >= 4 is 17.5 Å². The molecule has 0 aromatic heterocycles. The molecule has 0 saturated heterocycles. The Morgan fingerprint density at radius 3 is 2.44 bits per heavy atom. The molecule has 98 valence electrons. The molecule has 4 heteroatoms. The van der Waals surface area contributed by atoms with E-state index in [4.69, 9.17) is 11.6 Å². The minimum atomic E-state index is -0.196. The first-order valence-electron chi connectivity index (χ1n) is 6.38. The van der Waals surface area contributed by atoms with E-state index in [2.05, 4.69) is 10.6 Å². The number of carbonyl (C=O) groups is 1. The molecular weight excluding hydrogens is 248 g/mol. The highest BCUT2D eigenvalue weighted by Gasteiger charge is 2.36. The van der Waals surface area contributed by atoms with E-state index in [-0.39, 0.29) is 11.4 Å². The van der Waals surface area contributed by atoms with Gasteiger partial charge in [0.1, 0.15) is 0 Å². The smallest absolute Gasteiger partial charge is 0.234 e. The molecule has 1 amide bonds. The first-order valence-corrected chi connectivity index (χ1v) is 6.76. The number of likely N-dealkylation sites (N-methyl/N-ethyl adjacent to an activating group) is 1. The van der Waals surface area contributed by atoms with Crippen molar-refractivity contribution in [1.82, 2.24) is 10.6 Å². The summed E-state index contributed by atoms with van der Waals surface area (Å²) in [7, 11) is 1.78. The highest BCUT2D eigenvalue weighted by atomic mass is 35.5. The number of hydrogen-bond donors (Lipinski definition) is 2. The lowest BCUT2D eigenvalue weighted by atomic mass is 9.88. The van der Waals surface area contributed by atoms with Crippen LogP contribution in [0.2, 0.25) is 5.02 Å². The van der Waals surface area contributed by atoms with Crippen LogP contribution in [0.3, 0.4) is 0 Å². The molecule has 18 heavy (non-hydrogen) atoms. The van der Waals surface area contributed by atoms with Gasteiger partial charge in [-0.3, -0.25) is 4.79 Å². The normalized spacial score (nSPS) is 17.7. The van der Waals surface area contributed by atoms with Gasteiger partial charge in [-0.15, -0.1) is 0 Å². The zero-order chi connectivity index (χ0) is 13.0. The molecule has 0 heterocycles. The second-order valence-corrected chi connectivity index (χ2v) is 5.31. The van der Waals surface area contributed by atoms with Crippen molar-refractivity contribution in [3.05, 3.63) is 34.9 Å². The van der Waals surface area contributed by atoms with Crippen LogP contribution in [0.5, 0.6) is 0 Å². The molecule has 3 nitrogen and oxygen atoms in total. The van der Waals surface area contributed by atoms with Gasteiger partial charge in [0, 0.05) is 5.02 Å². The summed E-state index contributed by atoms with van der Waals surface area (Å²) in [4.78, 5) is 11.8. The van der Waals surface area contributed by atoms with E-state index in [1.165, 1.54) is 0 Å². The van der Waals surface area contributed by atoms with Crippen LogP contribution < -0.4 is 10.6 Å². The molecule has 1 fully saturated rings. The molecule has 0 radical (unpaired) electrons. The first kappa shape index (κ1) is 13.4. The van der Waals surface area contributed by atoms with Crippen molar-refractivity contribution in [3.8, 4) is 0 Å². The summed E-state index contributed by atoms with van der Waals surface area (Å²) in [6, 6.07) is 7.82. The molecule has 0 unspecified atom stereocenters. The number of halogens is 1. The van der Waals surface area contributed by atoms with Crippen molar-refractivity contribution in [1.29, 1.82) is 0 Å². The number of hydrogen-bond acceptors (Lipinski definition) is 2. The van der Waals surface area contributed by atoms with Crippen LogP contribution in [0.25, 0.3) is 0 Å². The quantitative estimate of drug-likeness (QED) is 0.879. The van der Waals surface area contributed by atoms with E-state index in [0.717, 1.165) is 36.3 Å². The van der Waals surface area contributed by atoms with Gasteiger partial charge in [-0.25, -0.2) is 0 Å². The SMILES string of the molecule is CNCC(=O)NC1(c2ccc(Cl)cc2)CCCC1. The lowest BCUT2D eigenvalue weighted by molar-refractivity contribution is -0.122. The number of nitrogens with one attached hydrogen (secondary N) is 2. The van der Waals surface area contributed by atoms with Gasteiger partial charge < -0.3 is 10.6 Å². The van der Waals surface area contributed by atoms with Gasteiger partial charge in [-0.2, -0.15) is 0 Å². The van der Waals surface area contributed by atoms with Crippen LogP contribution in [0.1, 0.15) is 31.2 Å². The summed E-state index contributed by atoms with van der Waals surface area (Å²) in [6.45, 7) is 0.356. The Bertz CT molecular complexity index is 410. The third-order valence-electron chi connectivity index (χ3n) is 3.57. The van der Waals surface area contributed by atoms with E-state index >= 15 is 0 Å². The average molecular weight is 267 g/mol. The molecule has 1 aromatic carbocycles. The second-order valence-electron chi connectivity index (χ2n) is 4.87. The predicted octanol–water partition coefficient (Wildman–Crippen LogP) is 2.44. The standard InChI is InChI=1S/C14H19ClN2O/c1-16-10-13(18)17-14(8-2-3-9-14)11-4-6-12(15)7-5-11/h4-7,16H,2-3,8-10H2,1H3,(H,17,18). The number of benzene rings is 1. The Labute approximate surface area is 113 Å². The minimum absolute atomic E-state index is 0.0503. The van der Waals surface area contributed by atoms with Gasteiger partial charge >= 0.3 is 0 Å². The van der Waals surface area contributed by atoms with Crippen LogP contribution in [0, 0.1) is 0 Å². The van der Waals surface area contributed by atoms with E-state index in [0.29, 0.717) is 6.54 Å². The maximum atomic E-state index is 11.8. The maximum absolute atomic E-state index is 11.8. The Morgan fingerprint density at radius 2 is 1.89 bits per heavy atom. The zero-order valence-electron chi connectivity index (χ0n) is 10.6. The fourth-order valence-electron chi connectivity index (χ4n) is 2.70. The molecule has 0 atom stereocenters. The van der Waals surface area contributed by atoms with Gasteiger partial charge in [0.2, 0.25) is 5.91 Å². The summed E-state index contributed by atoms with van der Waals surface area (Å²) in [5, 5.41) is 6.80. The van der Waals surface area contributed by atoms with E-state index < -0.39 is 0 Å². The lowest BCUT2D eigenvalue weighted by Crippen LogP contribution is -2.46. The molecule has 2 rings (SSSR count). The summed E-state index contributed by atoms with van der Waals surface area (Å²) >= 11 is 5.92. The Morgan fingerprint density at radius 1 is 1.28 bits per heavy atom. The van der Waals surface area contributed by atoms with Crippen LogP contribution >= 0.6 is 11.6 Å². The van der Waals surface area contributed by atoms with E-state index in [1.54, 1.807) is 7.05 Å². The summed E-state index contributed by atoms with van der Waals surface area (Å²) in [5.41, 5.74) is 0.965. The van der Waals surface area contributed by atoms with Crippen molar-refractivity contribution in [3.63, 3.8) is 0 Å². The van der Waals surface area contributed by atoms with Crippen molar-refractivity contribution in [2.45, 2.75) is 31.2 Å². The van der Waals surface area contributed by atoms with Gasteiger partial charge in [-0.05, 0) is 37.6 Å². The summed E-state index contributed by atoms with van der Waals surface area (Å²) in [6.07, 6.45) is 4.32. The van der Waals surface area contributed by atoms with E-state index in [9.17, 15) is 4.79 Å². The topological polar surface area (TPSA) is 41.1 Å². The largest absolute Gasteiger partial charge is 0.345 e. The Hall–Kier alpha value is -1.06. The maximum Gasteiger partial charge on any atom is 0.234 e. The Kier molecular flexibility index (Phi) is 4.25. The molecule has 1 aliphatic carbocycles. The second kappa shape index (κ2) is 5.72. The van der Waals surface area contributed by atoms with Gasteiger partial charge in [0.25, 0.3) is 0 Å². The molecule has 0 aliphatic heterocycles. The van der Waals surface area contributed by atoms with Crippen molar-refractivity contribution < 1.29 is 4.79 Å². The van der Waals surface area contributed by atoms with Crippen LogP contribution in [-0.4, -0.2) is 19.5 Å². The summed E-state index contributed by atoms with van der Waals surface area (Å²) in [5.74, 6) is 0.0503. The van der Waals surface area contributed by atoms with Gasteiger partial charge in [0.15, 0.2) is 0 Å². The minimum Gasteiger partial charge on any atom is -0.345 e. The zero-order valence-corrected chi connectivity index (χ0v) is 11.4. The van der Waals surface area contributed by atoms with Gasteiger partial charge in [-0.1, -0.05) is 36.6 Å². The van der Waals surface area contributed by atoms with Crippen molar-refractivity contribution in [2.75, 3.05) is 13.6 Å². The summed E-state index contributed by atoms with van der Waals surface area (Å²) < 4.78 is 0. The molecule has 1 saturated carbocycles. The molecule has 1 aliphatic rings. The highest BCUT2D eigenvalue weighted by Crippen LogP contribution is 2.38. The highest BCUT2D eigenvalue weighted by molar-refractivity contribution is 6.30. The molecular formula is C14H19ClN2O. The van der Waals surface area contributed by atoms with Crippen LogP contribution in [0.15, 0.2) is 24.3 Å². The number of rotatable bonds is 4. The fourth-order valence-corrected chi connectivity index (χ4v) is 2.83. The van der Waals surface area contributed by atoms with Crippen LogP contribution in [-0.2, 0) is 10.3 Å². The lowest BCUT2D eigenvalue weighted by Gasteiger charge is -2.31. The Balaban J connectivity index is 2.21. The van der Waals surface area contributed by atoms with Crippen LogP contribution in [0.4, 0.5) is 0 Å². The predicted molar refractivity (Wildman–Crippen MR) is 73.7 cm³/mol. The van der Waals surface area contributed by atoms with Gasteiger partial charge in [0.05, 0.1) is 12.1 Å². The molecule has 0 bridgehead atoms. The third kappa shape index (κ3) is 2.85. The molecule has 1 aromatic rings. The van der Waals surface area contributed by atoms with Crippen molar-refractivity contribution in [2.24, 2.45) is 0 Å².